The first-order chi connectivity index (χ1) is 6.24. The molecule has 0 spiro atoms. The third kappa shape index (κ3) is 7.76. The van der Waals surface area contributed by atoms with E-state index in [0.717, 1.165) is 11.4 Å². The van der Waals surface area contributed by atoms with Gasteiger partial charge in [-0.1, -0.05) is 37.1 Å². The number of halogens is 3. The summed E-state index contributed by atoms with van der Waals surface area (Å²) < 4.78 is 0. The van der Waals surface area contributed by atoms with Crippen molar-refractivity contribution in [3.8, 4) is 0 Å². The van der Waals surface area contributed by atoms with E-state index >= 15 is 0 Å². The van der Waals surface area contributed by atoms with Gasteiger partial charge in [0.1, 0.15) is 0 Å². The summed E-state index contributed by atoms with van der Waals surface area (Å²) in [5.74, 6) is 0. The van der Waals surface area contributed by atoms with E-state index in [9.17, 15) is 0 Å². The predicted octanol–water partition coefficient (Wildman–Crippen LogP) is 4.67. The van der Waals surface area contributed by atoms with Crippen LogP contribution in [0.1, 0.15) is 18.9 Å². The quantitative estimate of drug-likeness (QED) is 0.695. The van der Waals surface area contributed by atoms with Crippen LogP contribution in [0.4, 0.5) is 0 Å². The first kappa shape index (κ1) is 13.7. The minimum atomic E-state index is -0.931. The van der Waals surface area contributed by atoms with E-state index in [4.69, 9.17) is 31.0 Å². The number of rotatable bonds is 2. The molecule has 0 saturated heterocycles. The Morgan fingerprint density at radius 1 is 1.15 bits per heavy atom. The fourth-order valence-corrected chi connectivity index (χ4v) is 1.07. The van der Waals surface area contributed by atoms with Crippen LogP contribution < -0.4 is 0 Å². The molecule has 1 aromatic carbocycles. The maximum absolute atomic E-state index is 5.71. The van der Waals surface area contributed by atoms with Crippen LogP contribution in [0.15, 0.2) is 24.3 Å². The molecule has 0 amide bonds. The Labute approximate surface area is 100 Å². The monoisotopic (exact) mass is 288 g/mol. The molecule has 0 nitrogen and oxygen atoms in total. The van der Waals surface area contributed by atoms with Crippen LogP contribution >= 0.6 is 31.0 Å². The average Bonchev–Trinajstić information content (AvgIpc) is 2.11. The molecule has 0 radical (unpaired) electrons. The first-order valence-corrected chi connectivity index (χ1v) is 12.3. The summed E-state index contributed by atoms with van der Waals surface area (Å²) in [6.45, 7) is 2.18. The van der Waals surface area contributed by atoms with Crippen molar-refractivity contribution in [2.24, 2.45) is 0 Å². The van der Waals surface area contributed by atoms with E-state index in [-0.39, 0.29) is 0 Å². The molecule has 4 heteroatoms. The van der Waals surface area contributed by atoms with Crippen LogP contribution in [0.25, 0.3) is 0 Å². The second-order valence-electron chi connectivity index (χ2n) is 2.48. The second-order valence-corrected chi connectivity index (χ2v) is 7.54. The molecule has 1 aromatic rings. The van der Waals surface area contributed by atoms with Gasteiger partial charge >= 0.3 is 34.5 Å². The Kier molecular flexibility index (Phi) is 9.78. The summed E-state index contributed by atoms with van der Waals surface area (Å²) >= 11 is 4.78. The summed E-state index contributed by atoms with van der Waals surface area (Å²) in [5.41, 5.74) is 1.37. The molecular formula is C9H11Cl3Zn. The predicted molar refractivity (Wildman–Crippen MR) is 57.2 cm³/mol. The van der Waals surface area contributed by atoms with Crippen molar-refractivity contribution in [2.45, 2.75) is 19.8 Å². The van der Waals surface area contributed by atoms with Gasteiger partial charge < -0.3 is 0 Å². The molecule has 0 saturated carbocycles. The molecule has 0 aliphatic carbocycles. The molecule has 1 rings (SSSR count). The van der Waals surface area contributed by atoms with Gasteiger partial charge in [0.25, 0.3) is 0 Å². The SMILES string of the molecule is CCCc1ccc(Cl)cc1.[Cl][Zn][Cl]. The Morgan fingerprint density at radius 3 is 2.00 bits per heavy atom. The molecule has 0 unspecified atom stereocenters. The second kappa shape index (κ2) is 9.28. The Morgan fingerprint density at radius 2 is 1.62 bits per heavy atom. The Bertz CT molecular complexity index is 211. The van der Waals surface area contributed by atoms with E-state index in [1.165, 1.54) is 12.0 Å². The molecular weight excluding hydrogens is 280 g/mol. The molecule has 0 aliphatic rings. The molecule has 13 heavy (non-hydrogen) atoms. The number of aryl methyl sites for hydroxylation is 1. The van der Waals surface area contributed by atoms with Gasteiger partial charge in [-0.05, 0) is 24.1 Å². The molecule has 0 bridgehead atoms. The molecule has 0 atom stereocenters. The van der Waals surface area contributed by atoms with Crippen molar-refractivity contribution in [3.05, 3.63) is 34.9 Å². The fourth-order valence-electron chi connectivity index (χ4n) is 0.940. The van der Waals surface area contributed by atoms with Gasteiger partial charge in [0, 0.05) is 5.02 Å². The van der Waals surface area contributed by atoms with Gasteiger partial charge in [-0.25, -0.2) is 0 Å². The van der Waals surface area contributed by atoms with Crippen LogP contribution in [0, 0.1) is 0 Å². The summed E-state index contributed by atoms with van der Waals surface area (Å²) in [6, 6.07) is 8.02. The van der Waals surface area contributed by atoms with Gasteiger partial charge in [0.2, 0.25) is 0 Å². The summed E-state index contributed by atoms with van der Waals surface area (Å²) in [7, 11) is 9.90. The Hall–Kier alpha value is 0.713. The van der Waals surface area contributed by atoms with Gasteiger partial charge in [0.05, 0.1) is 0 Å². The van der Waals surface area contributed by atoms with E-state index in [1.54, 1.807) is 0 Å². The van der Waals surface area contributed by atoms with E-state index in [1.807, 2.05) is 12.1 Å². The van der Waals surface area contributed by atoms with E-state index in [2.05, 4.69) is 19.1 Å². The fraction of sp³-hybridized carbons (Fsp3) is 0.333. The molecule has 0 aliphatic heterocycles. The van der Waals surface area contributed by atoms with Crippen molar-refractivity contribution in [2.75, 3.05) is 0 Å². The van der Waals surface area contributed by atoms with Crippen molar-refractivity contribution in [1.82, 2.24) is 0 Å². The summed E-state index contributed by atoms with van der Waals surface area (Å²) in [4.78, 5) is 0. The van der Waals surface area contributed by atoms with Gasteiger partial charge in [-0.3, -0.25) is 0 Å². The van der Waals surface area contributed by atoms with Crippen LogP contribution in [-0.4, -0.2) is 0 Å². The van der Waals surface area contributed by atoms with Gasteiger partial charge in [-0.15, -0.1) is 0 Å². The van der Waals surface area contributed by atoms with Crippen molar-refractivity contribution in [1.29, 1.82) is 0 Å². The number of hydrogen-bond acceptors (Lipinski definition) is 0. The molecule has 0 heterocycles. The van der Waals surface area contributed by atoms with Gasteiger partial charge in [-0.2, -0.15) is 0 Å². The average molecular weight is 291 g/mol. The molecule has 0 fully saturated rings. The summed E-state index contributed by atoms with van der Waals surface area (Å²) in [6.07, 6.45) is 2.35. The van der Waals surface area contributed by atoms with Crippen molar-refractivity contribution < 1.29 is 15.1 Å². The zero-order chi connectivity index (χ0) is 10.1. The summed E-state index contributed by atoms with van der Waals surface area (Å²) in [5, 5.41) is 0.819. The zero-order valence-electron chi connectivity index (χ0n) is 7.56. The maximum atomic E-state index is 5.71. The first-order valence-electron chi connectivity index (χ1n) is 4.11. The van der Waals surface area contributed by atoms with Crippen molar-refractivity contribution in [3.63, 3.8) is 0 Å². The standard InChI is InChI=1S/C9H11Cl.2ClH.Zn/c1-2-3-8-4-6-9(10)7-5-8;;;/h4-7H,2-3H2,1H3;2*1H;/q;;;+2/p-2. The minimum absolute atomic E-state index is 0.819. The molecule has 0 aromatic heterocycles. The van der Waals surface area contributed by atoms with Crippen LogP contribution in [0.2, 0.25) is 5.02 Å². The number of benzene rings is 1. The van der Waals surface area contributed by atoms with Crippen LogP contribution in [0.5, 0.6) is 0 Å². The topological polar surface area (TPSA) is 0 Å². The normalized spacial score (nSPS) is 8.31. The third-order valence-corrected chi connectivity index (χ3v) is 1.70. The van der Waals surface area contributed by atoms with Crippen molar-refractivity contribution >= 4 is 31.0 Å². The van der Waals surface area contributed by atoms with E-state index < -0.39 is 15.1 Å². The third-order valence-electron chi connectivity index (χ3n) is 1.45. The van der Waals surface area contributed by atoms with Gasteiger partial charge in [0.15, 0.2) is 0 Å². The van der Waals surface area contributed by atoms with Crippen LogP contribution in [0.3, 0.4) is 0 Å². The Balaban J connectivity index is 0.000000424. The molecule has 70 valence electrons. The van der Waals surface area contributed by atoms with Crippen LogP contribution in [-0.2, 0) is 21.6 Å². The van der Waals surface area contributed by atoms with E-state index in [0.29, 0.717) is 0 Å². The molecule has 0 N–H and O–H groups in total. The number of hydrogen-bond donors (Lipinski definition) is 0. The zero-order valence-corrected chi connectivity index (χ0v) is 12.8.